The van der Waals surface area contributed by atoms with Crippen molar-refractivity contribution in [1.82, 2.24) is 67.4 Å². The number of aliphatic carboxylic acids is 1. The predicted molar refractivity (Wildman–Crippen MR) is 363 cm³/mol. The van der Waals surface area contributed by atoms with Gasteiger partial charge in [-0.15, -0.1) is 0 Å². The van der Waals surface area contributed by atoms with Gasteiger partial charge < -0.3 is 83.4 Å². The Morgan fingerprint density at radius 2 is 1.23 bits per heavy atom. The van der Waals surface area contributed by atoms with Gasteiger partial charge in [0.1, 0.15) is 65.2 Å². The molecule has 0 unspecified atom stereocenters. The standard InChI is InChI=1S/C68H76F2N14O14S2/c1-67-15-3-18-84(67)65(96)53(21-36-6-10-44(85)11-7-36)81-62(93)51(26-43-30-72-35-76-43)79-63(94)52(27-57(88)89)80-61(92)50(23-40-29-74-48-13-9-42(70)25-46(40)48)78-60(91)49(22-39-28-73-47-12-8-41(69)24-45(39)47)77-56(87)31-75-64(95)58(68(98)16-17-68)83-55(86)14-19-99-32-37-4-2-5-38(20-37)33-100-34-54(59(71)90)82-66(67)97/h2,4-13,20,24-25,28-30,35,49-54,58,73-74,85,98H,3,14-19,21-23,26-27,31-34H2,1H3,(H2,71,90)(H,72,76)(H,75,95)(H,77,87)(H,78,91)(H,79,94)(H,80,92)(H,81,93)(H,82,97)(H,83,86)(H,88,89)/t49-,50-,51-,52-,53-,54-,58+,67-/m0/s1. The van der Waals surface area contributed by atoms with Crippen LogP contribution in [0.1, 0.15) is 79.0 Å². The third-order valence-electron chi connectivity index (χ3n) is 17.8. The van der Waals surface area contributed by atoms with Crippen molar-refractivity contribution in [1.29, 1.82) is 0 Å². The fourth-order valence-corrected chi connectivity index (χ4v) is 14.1. The van der Waals surface area contributed by atoms with Gasteiger partial charge in [0.2, 0.25) is 59.1 Å². The monoisotopic (exact) mass is 1410 g/mol. The maximum absolute atomic E-state index is 15.2. The first-order valence-corrected chi connectivity index (χ1v) is 34.6. The maximum atomic E-state index is 15.2. The van der Waals surface area contributed by atoms with E-state index in [4.69, 9.17) is 5.73 Å². The number of fused-ring (bicyclic) bond motifs is 5. The summed E-state index contributed by atoms with van der Waals surface area (Å²) in [6.07, 6.45) is 3.44. The van der Waals surface area contributed by atoms with Crippen molar-refractivity contribution in [3.05, 3.63) is 155 Å². The zero-order valence-corrected chi connectivity index (χ0v) is 55.8. The molecule has 1 aliphatic carbocycles. The molecule has 1 saturated heterocycles. The number of primary amides is 1. The molecule has 16 N–H and O–H groups in total. The first-order chi connectivity index (χ1) is 47.8. The smallest absolute Gasteiger partial charge is 0.305 e. The average Bonchev–Trinajstić information content (AvgIpc) is 1.61. The van der Waals surface area contributed by atoms with E-state index >= 15 is 19.2 Å². The van der Waals surface area contributed by atoms with Gasteiger partial charge in [-0.05, 0) is 109 Å². The van der Waals surface area contributed by atoms with E-state index in [1.54, 1.807) is 0 Å². The Labute approximate surface area is 579 Å². The van der Waals surface area contributed by atoms with Crippen LogP contribution < -0.4 is 48.3 Å². The van der Waals surface area contributed by atoms with Crippen LogP contribution in [0.4, 0.5) is 8.78 Å². The lowest BCUT2D eigenvalue weighted by atomic mass is 9.95. The summed E-state index contributed by atoms with van der Waals surface area (Å²) in [6, 6.07) is 9.33. The number of halogens is 2. The van der Waals surface area contributed by atoms with Gasteiger partial charge in [0.05, 0.1) is 24.9 Å². The number of aliphatic hydroxyl groups is 1. The minimum absolute atomic E-state index is 0.00986. The number of imidazole rings is 1. The summed E-state index contributed by atoms with van der Waals surface area (Å²) < 4.78 is 29.8. The highest BCUT2D eigenvalue weighted by Gasteiger charge is 2.52. The second-order valence-electron chi connectivity index (χ2n) is 25.3. The highest BCUT2D eigenvalue weighted by Crippen LogP contribution is 2.39. The average molecular weight is 1420 g/mol. The maximum Gasteiger partial charge on any atom is 0.305 e. The summed E-state index contributed by atoms with van der Waals surface area (Å²) in [7, 11) is 0. The summed E-state index contributed by atoms with van der Waals surface area (Å²) >= 11 is 2.73. The third-order valence-corrected chi connectivity index (χ3v) is 20.0. The molecule has 7 aromatic rings. The lowest BCUT2D eigenvalue weighted by Gasteiger charge is -2.37. The number of phenolic OH excluding ortho intramolecular Hbond substituents is 1. The Morgan fingerprint density at radius 1 is 0.650 bits per heavy atom. The molecule has 1 saturated carbocycles. The number of nitrogens with zero attached hydrogens (tertiary/aromatic N) is 2. The Hall–Kier alpha value is -10.3. The molecule has 528 valence electrons. The number of nitrogens with two attached hydrogens (primary N) is 1. The van der Waals surface area contributed by atoms with Gasteiger partial charge in [-0.2, -0.15) is 23.5 Å². The van der Waals surface area contributed by atoms with E-state index in [9.17, 15) is 57.7 Å². The number of aromatic hydroxyl groups is 1. The Morgan fingerprint density at radius 3 is 1.82 bits per heavy atom. The molecule has 28 nitrogen and oxygen atoms in total. The fraction of sp³-hybridized carbons (Fsp3) is 0.382. The van der Waals surface area contributed by atoms with Crippen molar-refractivity contribution < 1.29 is 76.8 Å². The molecule has 0 radical (unpaired) electrons. The Bertz CT molecular complexity index is 4230. The van der Waals surface area contributed by atoms with Crippen LogP contribution in [0.3, 0.4) is 0 Å². The number of carboxylic acids is 1. The van der Waals surface area contributed by atoms with E-state index in [0.717, 1.165) is 17.2 Å². The largest absolute Gasteiger partial charge is 0.508 e. The van der Waals surface area contributed by atoms with Crippen molar-refractivity contribution in [3.63, 3.8) is 0 Å². The van der Waals surface area contributed by atoms with Crippen molar-refractivity contribution in [2.24, 2.45) is 5.73 Å². The minimum atomic E-state index is -2.06. The number of carbonyl (C=O) groups excluding carboxylic acids is 10. The number of thioether (sulfide) groups is 2. The number of carbonyl (C=O) groups is 11. The van der Waals surface area contributed by atoms with Gasteiger partial charge in [0, 0.05) is 108 Å². The molecule has 10 amide bonds. The normalized spacial score (nSPS) is 23.9. The van der Waals surface area contributed by atoms with Gasteiger partial charge in [0.15, 0.2) is 0 Å². The molecule has 3 aliphatic rings. The van der Waals surface area contributed by atoms with Crippen LogP contribution in [0, 0.1) is 11.6 Å². The van der Waals surface area contributed by atoms with Crippen molar-refractivity contribution in [3.8, 4) is 5.75 Å². The van der Waals surface area contributed by atoms with E-state index in [1.165, 1.54) is 115 Å². The molecule has 5 heterocycles. The number of phenols is 1. The van der Waals surface area contributed by atoms with Crippen LogP contribution in [0.2, 0.25) is 0 Å². The number of amides is 10. The number of hydrogen-bond acceptors (Lipinski definition) is 16. The second kappa shape index (κ2) is 32.1. The molecular weight excluding hydrogens is 1340 g/mol. The molecule has 2 fully saturated rings. The van der Waals surface area contributed by atoms with Gasteiger partial charge in [0.25, 0.3) is 0 Å². The van der Waals surface area contributed by atoms with E-state index in [1.807, 2.05) is 24.3 Å². The van der Waals surface area contributed by atoms with Crippen LogP contribution in [-0.2, 0) is 89.9 Å². The van der Waals surface area contributed by atoms with Crippen molar-refractivity contribution in [2.75, 3.05) is 24.6 Å². The van der Waals surface area contributed by atoms with Crippen LogP contribution in [0.5, 0.6) is 5.75 Å². The number of carboxylic acid groups (broad SMARTS) is 1. The first kappa shape index (κ1) is 72.4. The number of H-pyrrole nitrogens is 3. The quantitative estimate of drug-likeness (QED) is 0.0825. The first-order valence-electron chi connectivity index (χ1n) is 32.2. The molecule has 10 rings (SSSR count). The molecule has 2 aliphatic heterocycles. The molecule has 3 aromatic heterocycles. The van der Waals surface area contributed by atoms with E-state index in [-0.39, 0.29) is 84.5 Å². The van der Waals surface area contributed by atoms with Gasteiger partial charge in [-0.3, -0.25) is 52.7 Å². The number of aromatic nitrogens is 4. The van der Waals surface area contributed by atoms with Crippen LogP contribution in [0.25, 0.3) is 21.8 Å². The summed E-state index contributed by atoms with van der Waals surface area (Å²) in [5, 5.41) is 52.9. The van der Waals surface area contributed by atoms with Gasteiger partial charge in [-0.1, -0.05) is 36.4 Å². The van der Waals surface area contributed by atoms with Crippen LogP contribution in [0.15, 0.2) is 110 Å². The zero-order valence-electron chi connectivity index (χ0n) is 54.1. The van der Waals surface area contributed by atoms with Crippen molar-refractivity contribution in [2.45, 2.75) is 136 Å². The van der Waals surface area contributed by atoms with E-state index < -0.39 is 156 Å². The molecule has 4 aromatic carbocycles. The van der Waals surface area contributed by atoms with E-state index in [0.29, 0.717) is 39.9 Å². The summed E-state index contributed by atoms with van der Waals surface area (Å²) in [5.41, 5.74) is 6.41. The number of hydrogen-bond donors (Lipinski definition) is 15. The SMILES string of the molecule is C[C@@]12CCCN1C(=O)[C@H](Cc1ccc(O)cc1)NC(=O)[C@H](Cc1cnc[nH]1)NC(=O)[C@H](CC(=O)O)NC(=O)[C@H](Cc1c[nH]c3ccc(F)cc13)NC(=O)[C@H](Cc1c[nH]c3ccc(F)cc13)NC(=O)CNC(=O)[C@H](C1(O)CC1)NC(=O)CCSCc1cccc(c1)CSC[C@@H](C(N)=O)NC2=O. The number of benzene rings is 4. The van der Waals surface area contributed by atoms with Crippen molar-refractivity contribution >= 4 is 110 Å². The molecular formula is C68H76F2N14O14S2. The minimum Gasteiger partial charge on any atom is -0.508 e. The predicted octanol–water partition coefficient (Wildman–Crippen LogP) is 1.57. The highest BCUT2D eigenvalue weighted by molar-refractivity contribution is 7.98. The Kier molecular flexibility index (Phi) is 23.2. The topological polar surface area (TPSA) is 434 Å². The molecule has 100 heavy (non-hydrogen) atoms. The van der Waals surface area contributed by atoms with E-state index in [2.05, 4.69) is 62.5 Å². The van der Waals surface area contributed by atoms with Gasteiger partial charge in [-0.25, -0.2) is 13.8 Å². The lowest BCUT2D eigenvalue weighted by molar-refractivity contribution is -0.147. The van der Waals surface area contributed by atoms with Crippen LogP contribution in [-0.4, -0.2) is 183 Å². The second-order valence-corrected chi connectivity index (χ2v) is 27.4. The molecule has 2 bridgehead atoms. The summed E-state index contributed by atoms with van der Waals surface area (Å²) in [6.45, 7) is 0.696. The number of nitrogens with one attached hydrogen (secondary N) is 11. The molecule has 32 heteroatoms. The summed E-state index contributed by atoms with van der Waals surface area (Å²) in [5.74, 6) is -11.3. The zero-order chi connectivity index (χ0) is 71.4. The highest BCUT2D eigenvalue weighted by atomic mass is 32.2. The number of aromatic amines is 3. The van der Waals surface area contributed by atoms with Crippen LogP contribution >= 0.6 is 23.5 Å². The Balaban J connectivity index is 0.982. The lowest BCUT2D eigenvalue weighted by Crippen LogP contribution is -2.63. The fourth-order valence-electron chi connectivity index (χ4n) is 12.2. The molecule has 8 atom stereocenters. The summed E-state index contributed by atoms with van der Waals surface area (Å²) in [4.78, 5) is 171. The molecule has 0 spiro atoms. The number of rotatable bonds is 12. The third kappa shape index (κ3) is 18.5. The van der Waals surface area contributed by atoms with Gasteiger partial charge >= 0.3 is 5.97 Å².